The van der Waals surface area contributed by atoms with Gasteiger partial charge in [0.2, 0.25) is 5.91 Å². The van der Waals surface area contributed by atoms with Gasteiger partial charge in [0.1, 0.15) is 10.8 Å². The fourth-order valence-corrected chi connectivity index (χ4v) is 3.83. The lowest BCUT2D eigenvalue weighted by Crippen LogP contribution is -2.63. The number of halogens is 1. The van der Waals surface area contributed by atoms with Crippen molar-refractivity contribution in [3.63, 3.8) is 0 Å². The predicted molar refractivity (Wildman–Crippen MR) is 76.1 cm³/mol. The molecule has 0 saturated carbocycles. The van der Waals surface area contributed by atoms with Crippen molar-refractivity contribution in [3.05, 3.63) is 11.3 Å². The number of nitrogens with zero attached hydrogens (tertiary/aromatic N) is 1. The van der Waals surface area contributed by atoms with E-state index in [1.165, 1.54) is 0 Å². The van der Waals surface area contributed by atoms with E-state index in [1.54, 1.807) is 23.8 Å². The molecule has 0 radical (unpaired) electrons. The maximum Gasteiger partial charge on any atom is 0.249 e. The van der Waals surface area contributed by atoms with E-state index in [0.29, 0.717) is 18.1 Å². The summed E-state index contributed by atoms with van der Waals surface area (Å²) in [5.41, 5.74) is 0.846. The van der Waals surface area contributed by atoms with Crippen LogP contribution >= 0.6 is 23.4 Å². The zero-order valence-corrected chi connectivity index (χ0v) is 13.1. The minimum absolute atomic E-state index is 0.0261. The standard InChI is InChI=1S/C13H18ClNO3S/c1-13(2,3)10(16)9-7(5-18-4)6-19-12-8(14)11(17)15(9)12/h8,12H,5-6H2,1-4H3/t8-,12-/m0/s1. The van der Waals surface area contributed by atoms with Crippen LogP contribution in [0.15, 0.2) is 11.3 Å². The van der Waals surface area contributed by atoms with Crippen LogP contribution in [0, 0.1) is 5.41 Å². The smallest absolute Gasteiger partial charge is 0.249 e. The first kappa shape index (κ1) is 14.9. The zero-order chi connectivity index (χ0) is 14.4. The number of hydrogen-bond acceptors (Lipinski definition) is 4. The molecule has 19 heavy (non-hydrogen) atoms. The highest BCUT2D eigenvalue weighted by Gasteiger charge is 2.53. The van der Waals surface area contributed by atoms with Gasteiger partial charge in [0.15, 0.2) is 5.78 Å². The number of allylic oxidation sites excluding steroid dienone is 1. The first-order valence-corrected chi connectivity index (χ1v) is 7.62. The van der Waals surface area contributed by atoms with Crippen LogP contribution in [-0.4, -0.2) is 46.8 Å². The van der Waals surface area contributed by atoms with Gasteiger partial charge in [-0.05, 0) is 5.57 Å². The number of amides is 1. The van der Waals surface area contributed by atoms with Gasteiger partial charge < -0.3 is 4.74 Å². The molecule has 1 amide bonds. The summed E-state index contributed by atoms with van der Waals surface area (Å²) in [6, 6.07) is 0. The summed E-state index contributed by atoms with van der Waals surface area (Å²) in [4.78, 5) is 26.1. The highest BCUT2D eigenvalue weighted by molar-refractivity contribution is 8.00. The number of methoxy groups -OCH3 is 1. The van der Waals surface area contributed by atoms with E-state index >= 15 is 0 Å². The number of ketones is 1. The molecule has 2 aliphatic rings. The van der Waals surface area contributed by atoms with Crippen molar-refractivity contribution in [2.75, 3.05) is 19.5 Å². The van der Waals surface area contributed by atoms with Crippen LogP contribution in [-0.2, 0) is 14.3 Å². The Morgan fingerprint density at radius 2 is 2.16 bits per heavy atom. The third-order valence-electron chi connectivity index (χ3n) is 3.20. The van der Waals surface area contributed by atoms with Gasteiger partial charge in [-0.3, -0.25) is 14.5 Å². The Kier molecular flexibility index (Phi) is 4.00. The van der Waals surface area contributed by atoms with Crippen molar-refractivity contribution >= 4 is 35.1 Å². The molecular formula is C13H18ClNO3S. The lowest BCUT2D eigenvalue weighted by atomic mass is 9.86. The third-order valence-corrected chi connectivity index (χ3v) is 5.11. The Bertz CT molecular complexity index is 455. The van der Waals surface area contributed by atoms with Crippen molar-refractivity contribution in [1.29, 1.82) is 0 Å². The van der Waals surface area contributed by atoms with Gasteiger partial charge in [0.25, 0.3) is 0 Å². The van der Waals surface area contributed by atoms with Gasteiger partial charge >= 0.3 is 0 Å². The summed E-state index contributed by atoms with van der Waals surface area (Å²) in [7, 11) is 1.59. The first-order valence-electron chi connectivity index (χ1n) is 6.13. The molecule has 0 aromatic carbocycles. The van der Waals surface area contributed by atoms with Crippen molar-refractivity contribution in [1.82, 2.24) is 4.90 Å². The lowest BCUT2D eigenvalue weighted by molar-refractivity contribution is -0.141. The molecule has 0 N–H and O–H groups in total. The minimum Gasteiger partial charge on any atom is -0.380 e. The van der Waals surface area contributed by atoms with E-state index in [9.17, 15) is 9.59 Å². The number of fused-ring (bicyclic) bond motifs is 1. The molecule has 2 atom stereocenters. The summed E-state index contributed by atoms with van der Waals surface area (Å²) in [5.74, 6) is 0.477. The van der Waals surface area contributed by atoms with Gasteiger partial charge in [0, 0.05) is 18.3 Å². The number of hydrogen-bond donors (Lipinski definition) is 0. The van der Waals surface area contributed by atoms with E-state index in [-0.39, 0.29) is 17.1 Å². The first-order chi connectivity index (χ1) is 8.79. The second-order valence-electron chi connectivity index (χ2n) is 5.78. The van der Waals surface area contributed by atoms with E-state index in [1.807, 2.05) is 20.8 Å². The fraction of sp³-hybridized carbons (Fsp3) is 0.692. The van der Waals surface area contributed by atoms with Crippen LogP contribution in [0.3, 0.4) is 0 Å². The number of ether oxygens (including phenoxy) is 1. The average Bonchev–Trinajstić information content (AvgIpc) is 2.35. The highest BCUT2D eigenvalue weighted by atomic mass is 35.5. The number of Topliss-reactive ketones (excluding diaryl/α,β-unsaturated/α-hetero) is 1. The lowest BCUT2D eigenvalue weighted by Gasteiger charge is -2.48. The van der Waals surface area contributed by atoms with Gasteiger partial charge in [-0.25, -0.2) is 0 Å². The van der Waals surface area contributed by atoms with Gasteiger partial charge in [-0.15, -0.1) is 23.4 Å². The van der Waals surface area contributed by atoms with Crippen LogP contribution in [0.5, 0.6) is 0 Å². The van der Waals surface area contributed by atoms with Crippen molar-refractivity contribution < 1.29 is 14.3 Å². The maximum atomic E-state index is 12.6. The molecule has 0 aromatic rings. The molecule has 0 aliphatic carbocycles. The summed E-state index contributed by atoms with van der Waals surface area (Å²) in [5, 5.41) is -0.632. The largest absolute Gasteiger partial charge is 0.380 e. The molecule has 0 aromatic heterocycles. The maximum absolute atomic E-state index is 12.6. The zero-order valence-electron chi connectivity index (χ0n) is 11.5. The van der Waals surface area contributed by atoms with E-state index in [2.05, 4.69) is 0 Å². The molecule has 0 spiro atoms. The van der Waals surface area contributed by atoms with Crippen molar-refractivity contribution in [3.8, 4) is 0 Å². The topological polar surface area (TPSA) is 46.6 Å². The van der Waals surface area contributed by atoms with Crippen molar-refractivity contribution in [2.45, 2.75) is 31.5 Å². The minimum atomic E-state index is -0.529. The number of β-lactam (4-membered cyclic amide) rings is 1. The molecule has 1 saturated heterocycles. The molecule has 0 unspecified atom stereocenters. The molecular weight excluding hydrogens is 286 g/mol. The SMILES string of the molecule is COCC1=C(C(=O)C(C)(C)C)N2C(=O)[C@H](Cl)[C@@H]2SC1. The molecule has 2 heterocycles. The van der Waals surface area contributed by atoms with Crippen molar-refractivity contribution in [2.24, 2.45) is 5.41 Å². The molecule has 0 bridgehead atoms. The van der Waals surface area contributed by atoms with Gasteiger partial charge in [-0.1, -0.05) is 20.8 Å². The Balaban J connectivity index is 2.41. The average molecular weight is 304 g/mol. The third kappa shape index (κ3) is 2.43. The molecule has 2 aliphatic heterocycles. The molecule has 4 nitrogen and oxygen atoms in total. The number of alkyl halides is 1. The van der Waals surface area contributed by atoms with Gasteiger partial charge in [0.05, 0.1) is 12.3 Å². The van der Waals surface area contributed by atoms with E-state index < -0.39 is 10.8 Å². The summed E-state index contributed by atoms with van der Waals surface area (Å²) < 4.78 is 5.15. The van der Waals surface area contributed by atoms with E-state index in [0.717, 1.165) is 5.57 Å². The van der Waals surface area contributed by atoms with Crippen LogP contribution in [0.1, 0.15) is 20.8 Å². The Morgan fingerprint density at radius 1 is 1.53 bits per heavy atom. The summed E-state index contributed by atoms with van der Waals surface area (Å²) in [6.07, 6.45) is 0. The second kappa shape index (κ2) is 5.11. The highest BCUT2D eigenvalue weighted by Crippen LogP contribution is 2.44. The van der Waals surface area contributed by atoms with Crippen LogP contribution in [0.2, 0.25) is 0 Å². The number of thioether (sulfide) groups is 1. The molecule has 1 fully saturated rings. The number of rotatable bonds is 3. The summed E-state index contributed by atoms with van der Waals surface area (Å²) in [6.45, 7) is 5.93. The van der Waals surface area contributed by atoms with Crippen LogP contribution in [0.4, 0.5) is 0 Å². The molecule has 6 heteroatoms. The van der Waals surface area contributed by atoms with Crippen LogP contribution in [0.25, 0.3) is 0 Å². The van der Waals surface area contributed by atoms with Crippen LogP contribution < -0.4 is 0 Å². The number of carbonyl (C=O) groups is 2. The quantitative estimate of drug-likeness (QED) is 0.591. The van der Waals surface area contributed by atoms with Gasteiger partial charge in [-0.2, -0.15) is 0 Å². The Labute approximate surface area is 122 Å². The second-order valence-corrected chi connectivity index (χ2v) is 7.35. The molecule has 2 rings (SSSR count). The number of carbonyl (C=O) groups excluding carboxylic acids is 2. The Hall–Kier alpha value is -0.520. The predicted octanol–water partition coefficient (Wildman–Crippen LogP) is 2.02. The monoisotopic (exact) mass is 303 g/mol. The normalized spacial score (nSPS) is 27.2. The molecule has 106 valence electrons. The Morgan fingerprint density at radius 3 is 2.68 bits per heavy atom. The summed E-state index contributed by atoms with van der Waals surface area (Å²) >= 11 is 7.59. The van der Waals surface area contributed by atoms with E-state index in [4.69, 9.17) is 16.3 Å². The fourth-order valence-electron chi connectivity index (χ4n) is 2.16.